The second-order valence-electron chi connectivity index (χ2n) is 6.17. The molecule has 0 aliphatic rings. The Kier molecular flexibility index (Phi) is 6.17. The van der Waals surface area contributed by atoms with Crippen molar-refractivity contribution in [2.24, 2.45) is 5.41 Å². The molecule has 4 heteroatoms. The Labute approximate surface area is 121 Å². The molecule has 1 rings (SSSR count). The highest BCUT2D eigenvalue weighted by Gasteiger charge is 2.24. The fraction of sp³-hybridized carbons (Fsp3) is 0.562. The highest BCUT2D eigenvalue weighted by atomic mass is 16.3. The number of hydrogen-bond donors (Lipinski definition) is 3. The normalized spacial score (nSPS) is 13.1. The van der Waals surface area contributed by atoms with Crippen LogP contribution < -0.4 is 10.6 Å². The fourth-order valence-corrected chi connectivity index (χ4v) is 2.09. The van der Waals surface area contributed by atoms with Crippen LogP contribution in [-0.4, -0.2) is 30.2 Å². The maximum Gasteiger partial charge on any atom is 0.238 e. The number of benzene rings is 1. The van der Waals surface area contributed by atoms with Gasteiger partial charge in [-0.2, -0.15) is 0 Å². The third kappa shape index (κ3) is 5.31. The minimum absolute atomic E-state index is 0.00563. The van der Waals surface area contributed by atoms with Crippen LogP contribution in [0.2, 0.25) is 0 Å². The molecule has 3 N–H and O–H groups in total. The number of aliphatic hydroxyl groups excluding tert-OH is 1. The van der Waals surface area contributed by atoms with Crippen molar-refractivity contribution in [2.75, 3.05) is 18.5 Å². The van der Waals surface area contributed by atoms with E-state index in [4.69, 9.17) is 5.11 Å². The van der Waals surface area contributed by atoms with Crippen molar-refractivity contribution >= 4 is 11.6 Å². The lowest BCUT2D eigenvalue weighted by molar-refractivity contribution is -0.115. The number of aliphatic hydroxyl groups is 1. The van der Waals surface area contributed by atoms with Crippen LogP contribution in [0.5, 0.6) is 0 Å². The van der Waals surface area contributed by atoms with Gasteiger partial charge in [0, 0.05) is 18.3 Å². The smallest absolute Gasteiger partial charge is 0.238 e. The number of hydrogen-bond acceptors (Lipinski definition) is 3. The van der Waals surface area contributed by atoms with E-state index in [1.165, 1.54) is 0 Å². The first-order chi connectivity index (χ1) is 9.34. The summed E-state index contributed by atoms with van der Waals surface area (Å²) in [5.74, 6) is -0.0634. The monoisotopic (exact) mass is 278 g/mol. The lowest BCUT2D eigenvalue weighted by atomic mass is 9.85. The van der Waals surface area contributed by atoms with Gasteiger partial charge >= 0.3 is 0 Å². The molecular weight excluding hydrogens is 252 g/mol. The first kappa shape index (κ1) is 16.7. The minimum atomic E-state index is -0.0634. The van der Waals surface area contributed by atoms with E-state index in [2.05, 4.69) is 31.4 Å². The molecule has 1 aromatic rings. The van der Waals surface area contributed by atoms with Gasteiger partial charge in [-0.25, -0.2) is 0 Å². The SMILES string of the molecule is Cc1ccccc1NC(=O)CNC(CCO)C(C)(C)C. The van der Waals surface area contributed by atoms with Gasteiger partial charge in [-0.1, -0.05) is 39.0 Å². The van der Waals surface area contributed by atoms with Crippen LogP contribution in [0.4, 0.5) is 5.69 Å². The van der Waals surface area contributed by atoms with E-state index in [-0.39, 0.29) is 30.5 Å². The first-order valence-corrected chi connectivity index (χ1v) is 7.04. The second kappa shape index (κ2) is 7.41. The third-order valence-electron chi connectivity index (χ3n) is 3.39. The number of rotatable bonds is 6. The van der Waals surface area contributed by atoms with Gasteiger partial charge < -0.3 is 15.7 Å². The van der Waals surface area contributed by atoms with Crippen LogP contribution in [-0.2, 0) is 4.79 Å². The number of para-hydroxylation sites is 1. The van der Waals surface area contributed by atoms with Crippen molar-refractivity contribution in [3.05, 3.63) is 29.8 Å². The van der Waals surface area contributed by atoms with Gasteiger partial charge in [-0.05, 0) is 30.4 Å². The van der Waals surface area contributed by atoms with Crippen molar-refractivity contribution in [3.8, 4) is 0 Å². The average Bonchev–Trinajstić information content (AvgIpc) is 2.36. The molecule has 0 bridgehead atoms. The van der Waals surface area contributed by atoms with Crippen molar-refractivity contribution in [3.63, 3.8) is 0 Å². The zero-order valence-electron chi connectivity index (χ0n) is 12.9. The molecule has 0 saturated carbocycles. The topological polar surface area (TPSA) is 61.4 Å². The summed E-state index contributed by atoms with van der Waals surface area (Å²) in [4.78, 5) is 12.0. The molecule has 20 heavy (non-hydrogen) atoms. The van der Waals surface area contributed by atoms with Gasteiger partial charge in [-0.3, -0.25) is 4.79 Å². The van der Waals surface area contributed by atoms with Gasteiger partial charge in [0.2, 0.25) is 5.91 Å². The van der Waals surface area contributed by atoms with E-state index in [9.17, 15) is 4.79 Å². The molecule has 1 amide bonds. The first-order valence-electron chi connectivity index (χ1n) is 7.04. The molecule has 0 aliphatic heterocycles. The Bertz CT molecular complexity index is 438. The lowest BCUT2D eigenvalue weighted by Crippen LogP contribution is -2.44. The van der Waals surface area contributed by atoms with Gasteiger partial charge in [-0.15, -0.1) is 0 Å². The third-order valence-corrected chi connectivity index (χ3v) is 3.39. The molecule has 0 heterocycles. The zero-order valence-corrected chi connectivity index (χ0v) is 12.9. The molecule has 1 unspecified atom stereocenters. The van der Waals surface area contributed by atoms with Crippen LogP contribution in [0.15, 0.2) is 24.3 Å². The van der Waals surface area contributed by atoms with Crippen LogP contribution in [0, 0.1) is 12.3 Å². The zero-order chi connectivity index (χ0) is 15.2. The summed E-state index contributed by atoms with van der Waals surface area (Å²) in [7, 11) is 0. The maximum atomic E-state index is 12.0. The van der Waals surface area contributed by atoms with Crippen LogP contribution in [0.3, 0.4) is 0 Å². The predicted octanol–water partition coefficient (Wildman–Crippen LogP) is 2.32. The molecule has 112 valence electrons. The summed E-state index contributed by atoms with van der Waals surface area (Å²) in [5.41, 5.74) is 1.89. The maximum absolute atomic E-state index is 12.0. The number of carbonyl (C=O) groups is 1. The molecule has 4 nitrogen and oxygen atoms in total. The molecular formula is C16H26N2O2. The number of carbonyl (C=O) groups excluding carboxylic acids is 1. The summed E-state index contributed by atoms with van der Waals surface area (Å²) in [6, 6.07) is 7.81. The molecule has 0 fully saturated rings. The number of nitrogens with one attached hydrogen (secondary N) is 2. The van der Waals surface area contributed by atoms with E-state index in [1.54, 1.807) is 0 Å². The van der Waals surface area contributed by atoms with Crippen LogP contribution in [0.25, 0.3) is 0 Å². The number of aryl methyl sites for hydroxylation is 1. The predicted molar refractivity (Wildman–Crippen MR) is 82.8 cm³/mol. The Balaban J connectivity index is 2.52. The molecule has 0 aromatic heterocycles. The van der Waals surface area contributed by atoms with Crippen molar-refractivity contribution in [1.82, 2.24) is 5.32 Å². The Morgan fingerprint density at radius 3 is 2.50 bits per heavy atom. The summed E-state index contributed by atoms with van der Waals surface area (Å²) >= 11 is 0. The van der Waals surface area contributed by atoms with Crippen LogP contribution >= 0.6 is 0 Å². The van der Waals surface area contributed by atoms with E-state index in [1.807, 2.05) is 31.2 Å². The summed E-state index contributed by atoms with van der Waals surface area (Å²) in [6.07, 6.45) is 0.640. The molecule has 0 saturated heterocycles. The Morgan fingerprint density at radius 1 is 1.30 bits per heavy atom. The molecule has 0 radical (unpaired) electrons. The van der Waals surface area contributed by atoms with E-state index in [0.717, 1.165) is 11.3 Å². The van der Waals surface area contributed by atoms with E-state index < -0.39 is 0 Å². The highest BCUT2D eigenvalue weighted by Crippen LogP contribution is 2.21. The standard InChI is InChI=1S/C16H26N2O2/c1-12-7-5-6-8-13(12)18-15(20)11-17-14(9-10-19)16(2,3)4/h5-8,14,17,19H,9-11H2,1-4H3,(H,18,20). The van der Waals surface area contributed by atoms with Gasteiger partial charge in [0.05, 0.1) is 6.54 Å². The summed E-state index contributed by atoms with van der Waals surface area (Å²) in [5, 5.41) is 15.2. The van der Waals surface area contributed by atoms with Crippen molar-refractivity contribution in [2.45, 2.75) is 40.2 Å². The van der Waals surface area contributed by atoms with Gasteiger partial charge in [0.25, 0.3) is 0 Å². The van der Waals surface area contributed by atoms with Crippen LogP contribution in [0.1, 0.15) is 32.8 Å². The molecule has 0 spiro atoms. The van der Waals surface area contributed by atoms with Crippen molar-refractivity contribution in [1.29, 1.82) is 0 Å². The van der Waals surface area contributed by atoms with Crippen molar-refractivity contribution < 1.29 is 9.90 Å². The summed E-state index contributed by atoms with van der Waals surface area (Å²) in [6.45, 7) is 8.62. The van der Waals surface area contributed by atoms with E-state index >= 15 is 0 Å². The molecule has 1 aromatic carbocycles. The highest BCUT2D eigenvalue weighted by molar-refractivity contribution is 5.92. The molecule has 1 atom stereocenters. The molecule has 0 aliphatic carbocycles. The van der Waals surface area contributed by atoms with Gasteiger partial charge in [0.1, 0.15) is 0 Å². The lowest BCUT2D eigenvalue weighted by Gasteiger charge is -2.31. The fourth-order valence-electron chi connectivity index (χ4n) is 2.09. The largest absolute Gasteiger partial charge is 0.396 e. The van der Waals surface area contributed by atoms with E-state index in [0.29, 0.717) is 6.42 Å². The average molecular weight is 278 g/mol. The number of anilines is 1. The minimum Gasteiger partial charge on any atom is -0.396 e. The van der Waals surface area contributed by atoms with Gasteiger partial charge in [0.15, 0.2) is 0 Å². The second-order valence-corrected chi connectivity index (χ2v) is 6.17. The number of amides is 1. The quantitative estimate of drug-likeness (QED) is 0.748. The Hall–Kier alpha value is -1.39. The summed E-state index contributed by atoms with van der Waals surface area (Å²) < 4.78 is 0. The Morgan fingerprint density at radius 2 is 1.95 bits per heavy atom.